The maximum Gasteiger partial charge on any atom is 0.338 e. The Morgan fingerprint density at radius 1 is 0.854 bits per heavy atom. The number of esters is 1. The second-order valence-electron chi connectivity index (χ2n) is 11.0. The molecular formula is C34H54N2O4S. The molecule has 1 aliphatic rings. The standard InChI is InChI=1S/C34H54N2O4S/c1-6-10-11-12-13-14-15-16-17-18-19-20-21-23-27-24-22-25-28(39-8-3)31(27)32-30(33(38)40-9-4)26(5)35-34(41)36(32)29(37)7-2/h22,24-25,32H,6-21,23H2,1-5H3,(H,35,41). The average Bonchev–Trinajstić information content (AvgIpc) is 2.95. The molecule has 0 saturated heterocycles. The van der Waals surface area contributed by atoms with Crippen molar-refractivity contribution in [1.82, 2.24) is 10.2 Å². The molecule has 0 radical (unpaired) electrons. The van der Waals surface area contributed by atoms with Gasteiger partial charge in [-0.3, -0.25) is 9.69 Å². The van der Waals surface area contributed by atoms with Crippen LogP contribution in [0.15, 0.2) is 29.5 Å². The van der Waals surface area contributed by atoms with Gasteiger partial charge in [-0.1, -0.05) is 103 Å². The number of ether oxygens (including phenoxy) is 2. The summed E-state index contributed by atoms with van der Waals surface area (Å²) in [5.41, 5.74) is 2.93. The van der Waals surface area contributed by atoms with E-state index in [0.29, 0.717) is 28.7 Å². The number of thiocarbonyl (C=S) groups is 1. The molecule has 230 valence electrons. The van der Waals surface area contributed by atoms with E-state index in [0.717, 1.165) is 30.4 Å². The quantitative estimate of drug-likeness (QED) is 0.0936. The summed E-state index contributed by atoms with van der Waals surface area (Å²) < 4.78 is 11.6. The summed E-state index contributed by atoms with van der Waals surface area (Å²) in [6.07, 6.45) is 18.0. The van der Waals surface area contributed by atoms with Gasteiger partial charge < -0.3 is 14.8 Å². The lowest BCUT2D eigenvalue weighted by atomic mass is 9.87. The molecule has 0 aliphatic carbocycles. The van der Waals surface area contributed by atoms with Crippen LogP contribution in [0.4, 0.5) is 0 Å². The van der Waals surface area contributed by atoms with Crippen LogP contribution >= 0.6 is 12.2 Å². The molecule has 0 aromatic heterocycles. The van der Waals surface area contributed by atoms with Gasteiger partial charge in [0.05, 0.1) is 18.8 Å². The van der Waals surface area contributed by atoms with Crippen LogP contribution in [0.2, 0.25) is 0 Å². The smallest absolute Gasteiger partial charge is 0.338 e. The van der Waals surface area contributed by atoms with Crippen LogP contribution in [0.1, 0.15) is 142 Å². The van der Waals surface area contributed by atoms with E-state index in [1.807, 2.05) is 26.0 Å². The number of nitrogens with one attached hydrogen (secondary N) is 1. The zero-order valence-electron chi connectivity index (χ0n) is 26.3. The lowest BCUT2D eigenvalue weighted by Gasteiger charge is -2.39. The average molecular weight is 587 g/mol. The number of nitrogens with zero attached hydrogens (tertiary/aromatic N) is 1. The van der Waals surface area contributed by atoms with Gasteiger partial charge in [-0.05, 0) is 57.5 Å². The van der Waals surface area contributed by atoms with Crippen molar-refractivity contribution in [3.8, 4) is 5.75 Å². The monoisotopic (exact) mass is 586 g/mol. The molecule has 1 aromatic carbocycles. The molecule has 1 atom stereocenters. The number of hydrogen-bond acceptors (Lipinski definition) is 5. The number of benzene rings is 1. The van der Waals surface area contributed by atoms with Crippen molar-refractivity contribution in [2.24, 2.45) is 0 Å². The zero-order valence-corrected chi connectivity index (χ0v) is 27.1. The van der Waals surface area contributed by atoms with E-state index in [2.05, 4.69) is 18.3 Å². The summed E-state index contributed by atoms with van der Waals surface area (Å²) >= 11 is 5.64. The van der Waals surface area contributed by atoms with Crippen LogP contribution in [0.25, 0.3) is 0 Å². The van der Waals surface area contributed by atoms with Crippen LogP contribution < -0.4 is 10.1 Å². The Morgan fingerprint density at radius 2 is 1.44 bits per heavy atom. The molecule has 1 amide bonds. The summed E-state index contributed by atoms with van der Waals surface area (Å²) in [6.45, 7) is 10.3. The van der Waals surface area contributed by atoms with Crippen molar-refractivity contribution in [2.45, 2.75) is 137 Å². The van der Waals surface area contributed by atoms with Gasteiger partial charge in [-0.15, -0.1) is 0 Å². The van der Waals surface area contributed by atoms with E-state index in [1.165, 1.54) is 70.6 Å². The Bertz CT molecular complexity index is 1010. The van der Waals surface area contributed by atoms with E-state index < -0.39 is 12.0 Å². The Morgan fingerprint density at radius 3 is 1.98 bits per heavy atom. The van der Waals surface area contributed by atoms with Crippen molar-refractivity contribution in [3.05, 3.63) is 40.6 Å². The summed E-state index contributed by atoms with van der Waals surface area (Å²) in [6, 6.07) is 5.31. The van der Waals surface area contributed by atoms with Crippen molar-refractivity contribution in [3.63, 3.8) is 0 Å². The number of carbonyl (C=O) groups excluding carboxylic acids is 2. The van der Waals surface area contributed by atoms with Crippen LogP contribution in [0, 0.1) is 0 Å². The van der Waals surface area contributed by atoms with Crippen LogP contribution in [0.5, 0.6) is 5.75 Å². The third kappa shape index (κ3) is 10.7. The highest BCUT2D eigenvalue weighted by atomic mass is 32.1. The molecule has 6 nitrogen and oxygen atoms in total. The fraction of sp³-hybridized carbons (Fsp3) is 0.676. The molecule has 0 saturated carbocycles. The molecule has 41 heavy (non-hydrogen) atoms. The van der Waals surface area contributed by atoms with Gasteiger partial charge in [0.2, 0.25) is 5.91 Å². The summed E-state index contributed by atoms with van der Waals surface area (Å²) in [4.78, 5) is 28.1. The Hall–Kier alpha value is -2.41. The first-order valence-electron chi connectivity index (χ1n) is 16.2. The van der Waals surface area contributed by atoms with Gasteiger partial charge in [0.1, 0.15) is 11.8 Å². The summed E-state index contributed by atoms with van der Waals surface area (Å²) in [5.74, 6) is 0.0787. The molecule has 7 heteroatoms. The van der Waals surface area contributed by atoms with E-state index >= 15 is 0 Å². The largest absolute Gasteiger partial charge is 0.493 e. The number of amides is 1. The molecule has 0 fully saturated rings. The van der Waals surface area contributed by atoms with Gasteiger partial charge >= 0.3 is 5.97 Å². The topological polar surface area (TPSA) is 67.9 Å². The Balaban J connectivity index is 2.14. The second kappa shape index (κ2) is 19.7. The fourth-order valence-electron chi connectivity index (χ4n) is 5.65. The predicted octanol–water partition coefficient (Wildman–Crippen LogP) is 8.72. The molecule has 1 heterocycles. The second-order valence-corrected chi connectivity index (χ2v) is 11.4. The lowest BCUT2D eigenvalue weighted by Crippen LogP contribution is -2.51. The Kier molecular flexibility index (Phi) is 16.7. The zero-order chi connectivity index (χ0) is 30.0. The van der Waals surface area contributed by atoms with Gasteiger partial charge in [0, 0.05) is 17.7 Å². The minimum atomic E-state index is -0.699. The van der Waals surface area contributed by atoms with E-state index in [4.69, 9.17) is 21.7 Å². The molecule has 1 aromatic rings. The number of aryl methyl sites for hydroxylation is 1. The SMILES string of the molecule is CCCCCCCCCCCCCCCc1cccc(OCC)c1C1C(C(=O)OCC)=C(C)NC(=S)N1C(=O)CC. The predicted molar refractivity (Wildman–Crippen MR) is 172 cm³/mol. The molecule has 1 aliphatic heterocycles. The van der Waals surface area contributed by atoms with E-state index in [9.17, 15) is 9.59 Å². The highest BCUT2D eigenvalue weighted by Gasteiger charge is 2.41. The maximum absolute atomic E-state index is 13.3. The van der Waals surface area contributed by atoms with Crippen molar-refractivity contribution in [1.29, 1.82) is 0 Å². The Labute approximate surface area is 254 Å². The molecule has 0 spiro atoms. The molecule has 2 rings (SSSR count). The fourth-order valence-corrected chi connectivity index (χ4v) is 6.01. The number of hydrogen-bond donors (Lipinski definition) is 1. The summed E-state index contributed by atoms with van der Waals surface area (Å²) in [7, 11) is 0. The van der Waals surface area contributed by atoms with Gasteiger partial charge in [-0.2, -0.15) is 0 Å². The molecular weight excluding hydrogens is 532 g/mol. The lowest BCUT2D eigenvalue weighted by molar-refractivity contribution is -0.139. The number of unbranched alkanes of at least 4 members (excludes halogenated alkanes) is 12. The van der Waals surface area contributed by atoms with Crippen LogP contribution in [-0.4, -0.2) is 35.1 Å². The van der Waals surface area contributed by atoms with Crippen LogP contribution in [-0.2, 0) is 20.7 Å². The van der Waals surface area contributed by atoms with E-state index in [-0.39, 0.29) is 18.9 Å². The number of carbonyl (C=O) groups is 2. The molecule has 1 N–H and O–H groups in total. The highest BCUT2D eigenvalue weighted by Crippen LogP contribution is 2.42. The van der Waals surface area contributed by atoms with E-state index in [1.54, 1.807) is 18.7 Å². The highest BCUT2D eigenvalue weighted by molar-refractivity contribution is 7.80. The minimum Gasteiger partial charge on any atom is -0.493 e. The third-order valence-corrected chi connectivity index (χ3v) is 8.09. The van der Waals surface area contributed by atoms with Crippen molar-refractivity contribution in [2.75, 3.05) is 13.2 Å². The first kappa shape index (κ1) is 34.8. The molecule has 0 bridgehead atoms. The third-order valence-electron chi connectivity index (χ3n) is 7.79. The van der Waals surface area contributed by atoms with Gasteiger partial charge in [0.15, 0.2) is 5.11 Å². The first-order valence-corrected chi connectivity index (χ1v) is 16.6. The van der Waals surface area contributed by atoms with Crippen LogP contribution in [0.3, 0.4) is 0 Å². The molecule has 1 unspecified atom stereocenters. The number of allylic oxidation sites excluding steroid dienone is 1. The first-order chi connectivity index (χ1) is 19.9. The van der Waals surface area contributed by atoms with Crippen molar-refractivity contribution >= 4 is 29.2 Å². The van der Waals surface area contributed by atoms with Gasteiger partial charge in [0.25, 0.3) is 0 Å². The normalized spacial score (nSPS) is 15.2. The summed E-state index contributed by atoms with van der Waals surface area (Å²) in [5, 5.41) is 3.37. The van der Waals surface area contributed by atoms with Gasteiger partial charge in [-0.25, -0.2) is 4.79 Å². The number of rotatable bonds is 20. The van der Waals surface area contributed by atoms with Crippen molar-refractivity contribution < 1.29 is 19.1 Å². The maximum atomic E-state index is 13.3. The minimum absolute atomic E-state index is 0.153.